The molecule has 0 unspecified atom stereocenters. The van der Waals surface area contributed by atoms with Crippen molar-refractivity contribution in [1.29, 1.82) is 0 Å². The summed E-state index contributed by atoms with van der Waals surface area (Å²) in [5.41, 5.74) is 3.14. The fourth-order valence-corrected chi connectivity index (χ4v) is 2.00. The minimum Gasteiger partial charge on any atom is -0.289 e. The number of nitrogens with two attached hydrogens (primary N) is 1. The minimum atomic E-state index is -0.402. The summed E-state index contributed by atoms with van der Waals surface area (Å²) in [6.45, 7) is 0. The predicted octanol–water partition coefficient (Wildman–Crippen LogP) is 0.767. The van der Waals surface area contributed by atoms with E-state index in [2.05, 4.69) is 20.4 Å². The predicted molar refractivity (Wildman–Crippen MR) is 67.5 cm³/mol. The van der Waals surface area contributed by atoms with E-state index in [1.54, 1.807) is 30.7 Å². The first kappa shape index (κ1) is 12.5. The topological polar surface area (TPSA) is 93.8 Å². The molecule has 0 fully saturated rings. The second-order valence-corrected chi connectivity index (χ2v) is 4.32. The van der Waals surface area contributed by atoms with Gasteiger partial charge in [0.05, 0.1) is 11.9 Å². The molecule has 2 rings (SSSR count). The summed E-state index contributed by atoms with van der Waals surface area (Å²) >= 11 is 1.50. The number of aromatic nitrogens is 3. The lowest BCUT2D eigenvalue weighted by Crippen LogP contribution is -2.30. The van der Waals surface area contributed by atoms with Gasteiger partial charge in [0.15, 0.2) is 0 Å². The number of hydrogen-bond donors (Lipinski definition) is 2. The Morgan fingerprint density at radius 3 is 3.00 bits per heavy atom. The van der Waals surface area contributed by atoms with Crippen molar-refractivity contribution < 1.29 is 4.79 Å². The summed E-state index contributed by atoms with van der Waals surface area (Å²) in [5, 5.41) is 0.813. The first-order valence-corrected chi connectivity index (χ1v) is 6.14. The van der Waals surface area contributed by atoms with E-state index < -0.39 is 5.91 Å². The van der Waals surface area contributed by atoms with Gasteiger partial charge in [-0.05, 0) is 12.1 Å². The van der Waals surface area contributed by atoms with E-state index in [9.17, 15) is 4.79 Å². The van der Waals surface area contributed by atoms with E-state index >= 15 is 0 Å². The molecule has 0 saturated heterocycles. The summed E-state index contributed by atoms with van der Waals surface area (Å²) in [7, 11) is 0. The molecule has 2 aromatic rings. The largest absolute Gasteiger partial charge is 0.289 e. The van der Waals surface area contributed by atoms with Gasteiger partial charge in [-0.3, -0.25) is 15.2 Å². The number of nitrogens with zero attached hydrogens (tertiary/aromatic N) is 3. The molecule has 18 heavy (non-hydrogen) atoms. The molecular weight excluding hydrogens is 250 g/mol. The lowest BCUT2D eigenvalue weighted by Gasteiger charge is -2.03. The van der Waals surface area contributed by atoms with Crippen molar-refractivity contribution in [2.45, 2.75) is 10.8 Å². The smallest absolute Gasteiger partial charge is 0.283 e. The van der Waals surface area contributed by atoms with Gasteiger partial charge < -0.3 is 0 Å². The number of amides is 1. The Hall–Kier alpha value is -1.99. The first-order valence-electron chi connectivity index (χ1n) is 5.15. The highest BCUT2D eigenvalue weighted by molar-refractivity contribution is 7.98. The van der Waals surface area contributed by atoms with Crippen molar-refractivity contribution in [3.63, 3.8) is 0 Å². The van der Waals surface area contributed by atoms with Crippen molar-refractivity contribution >= 4 is 17.7 Å². The third-order valence-corrected chi connectivity index (χ3v) is 3.02. The SMILES string of the molecule is NNC(=O)c1cccc(CSc2cnccn2)n1. The number of hydrazine groups is 1. The van der Waals surface area contributed by atoms with Gasteiger partial charge in [0.1, 0.15) is 10.7 Å². The second-order valence-electron chi connectivity index (χ2n) is 3.32. The van der Waals surface area contributed by atoms with Gasteiger partial charge in [0, 0.05) is 18.1 Å². The van der Waals surface area contributed by atoms with E-state index in [0.717, 1.165) is 10.7 Å². The van der Waals surface area contributed by atoms with Crippen molar-refractivity contribution in [3.8, 4) is 0 Å². The number of hydrogen-bond acceptors (Lipinski definition) is 6. The van der Waals surface area contributed by atoms with Crippen LogP contribution in [0, 0.1) is 0 Å². The monoisotopic (exact) mass is 261 g/mol. The molecular formula is C11H11N5OS. The number of pyridine rings is 1. The summed E-state index contributed by atoms with van der Waals surface area (Å²) < 4.78 is 0. The van der Waals surface area contributed by atoms with Crippen LogP contribution in [0.5, 0.6) is 0 Å². The Kier molecular flexibility index (Phi) is 4.21. The van der Waals surface area contributed by atoms with E-state index in [0.29, 0.717) is 11.4 Å². The molecule has 0 aromatic carbocycles. The Balaban J connectivity index is 2.04. The molecule has 6 nitrogen and oxygen atoms in total. The number of rotatable bonds is 4. The van der Waals surface area contributed by atoms with Gasteiger partial charge in [-0.25, -0.2) is 15.8 Å². The number of nitrogens with one attached hydrogen (secondary N) is 1. The van der Waals surface area contributed by atoms with Crippen LogP contribution in [-0.2, 0) is 5.75 Å². The van der Waals surface area contributed by atoms with E-state index in [1.807, 2.05) is 6.07 Å². The van der Waals surface area contributed by atoms with Crippen LogP contribution in [0.4, 0.5) is 0 Å². The van der Waals surface area contributed by atoms with Crippen LogP contribution in [0.15, 0.2) is 41.8 Å². The molecule has 0 saturated carbocycles. The highest BCUT2D eigenvalue weighted by Gasteiger charge is 2.06. The third-order valence-electron chi connectivity index (χ3n) is 2.08. The number of nitrogen functional groups attached to an aromatic ring is 1. The van der Waals surface area contributed by atoms with Crippen LogP contribution >= 0.6 is 11.8 Å². The fourth-order valence-electron chi connectivity index (χ4n) is 1.27. The maximum absolute atomic E-state index is 11.3. The zero-order valence-corrected chi connectivity index (χ0v) is 10.2. The molecule has 0 aliphatic carbocycles. The quantitative estimate of drug-likeness (QED) is 0.365. The number of carbonyl (C=O) groups excluding carboxylic acids is 1. The molecule has 1 amide bonds. The molecule has 7 heteroatoms. The van der Waals surface area contributed by atoms with Gasteiger partial charge >= 0.3 is 0 Å². The highest BCUT2D eigenvalue weighted by Crippen LogP contribution is 2.18. The molecule has 0 spiro atoms. The maximum atomic E-state index is 11.3. The van der Waals surface area contributed by atoms with E-state index in [-0.39, 0.29) is 0 Å². The Labute approximate surface area is 108 Å². The summed E-state index contributed by atoms with van der Waals surface area (Å²) in [5.74, 6) is 5.27. The first-order chi connectivity index (χ1) is 8.79. The third kappa shape index (κ3) is 3.25. The number of carbonyl (C=O) groups is 1. The summed E-state index contributed by atoms with van der Waals surface area (Å²) in [6.07, 6.45) is 4.93. The standard InChI is InChI=1S/C11H11N5OS/c12-16-11(17)9-3-1-2-8(15-9)7-18-10-6-13-4-5-14-10/h1-6H,7,12H2,(H,16,17). The van der Waals surface area contributed by atoms with Crippen LogP contribution in [0.1, 0.15) is 16.2 Å². The van der Waals surface area contributed by atoms with Crippen LogP contribution in [0.3, 0.4) is 0 Å². The Bertz CT molecular complexity index is 534. The summed E-state index contributed by atoms with van der Waals surface area (Å²) in [6, 6.07) is 5.22. The van der Waals surface area contributed by atoms with E-state index in [4.69, 9.17) is 5.84 Å². The average molecular weight is 261 g/mol. The average Bonchev–Trinajstić information content (AvgIpc) is 2.45. The van der Waals surface area contributed by atoms with Crippen LogP contribution in [-0.4, -0.2) is 20.9 Å². The molecule has 3 N–H and O–H groups in total. The molecule has 2 heterocycles. The molecule has 0 radical (unpaired) electrons. The lowest BCUT2D eigenvalue weighted by molar-refractivity contribution is 0.0948. The molecule has 92 valence electrons. The number of thioether (sulfide) groups is 1. The van der Waals surface area contributed by atoms with Gasteiger partial charge in [-0.2, -0.15) is 0 Å². The van der Waals surface area contributed by atoms with Crippen LogP contribution in [0.25, 0.3) is 0 Å². The zero-order chi connectivity index (χ0) is 12.8. The summed E-state index contributed by atoms with van der Waals surface area (Å²) in [4.78, 5) is 23.6. The zero-order valence-electron chi connectivity index (χ0n) is 9.41. The molecule has 0 bridgehead atoms. The minimum absolute atomic E-state index is 0.301. The Morgan fingerprint density at radius 2 is 2.28 bits per heavy atom. The molecule has 0 atom stereocenters. The molecule has 0 aliphatic rings. The van der Waals surface area contributed by atoms with Crippen molar-refractivity contribution in [2.75, 3.05) is 0 Å². The maximum Gasteiger partial charge on any atom is 0.283 e. The van der Waals surface area contributed by atoms with Gasteiger partial charge in [-0.15, -0.1) is 0 Å². The molecule has 2 aromatic heterocycles. The van der Waals surface area contributed by atoms with Gasteiger partial charge in [-0.1, -0.05) is 17.8 Å². The second kappa shape index (κ2) is 6.08. The normalized spacial score (nSPS) is 10.1. The van der Waals surface area contributed by atoms with Crippen LogP contribution in [0.2, 0.25) is 0 Å². The van der Waals surface area contributed by atoms with Gasteiger partial charge in [0.25, 0.3) is 5.91 Å². The van der Waals surface area contributed by atoms with Crippen molar-refractivity contribution in [3.05, 3.63) is 48.2 Å². The van der Waals surface area contributed by atoms with Crippen molar-refractivity contribution in [1.82, 2.24) is 20.4 Å². The van der Waals surface area contributed by atoms with Crippen LogP contribution < -0.4 is 11.3 Å². The highest BCUT2D eigenvalue weighted by atomic mass is 32.2. The van der Waals surface area contributed by atoms with E-state index in [1.165, 1.54) is 11.8 Å². The lowest BCUT2D eigenvalue weighted by atomic mass is 10.3. The van der Waals surface area contributed by atoms with Crippen molar-refractivity contribution in [2.24, 2.45) is 5.84 Å². The van der Waals surface area contributed by atoms with Gasteiger partial charge in [0.2, 0.25) is 0 Å². The Morgan fingerprint density at radius 1 is 1.39 bits per heavy atom. The molecule has 0 aliphatic heterocycles. The fraction of sp³-hybridized carbons (Fsp3) is 0.0909.